The van der Waals surface area contributed by atoms with Crippen LogP contribution in [-0.2, 0) is 4.79 Å². The predicted molar refractivity (Wildman–Crippen MR) is 63.6 cm³/mol. The number of alkyl halides is 1. The minimum Gasteiger partial charge on any atom is -0.356 e. The van der Waals surface area contributed by atoms with Crippen molar-refractivity contribution in [2.75, 3.05) is 13.7 Å². The quantitative estimate of drug-likeness (QED) is 0.730. The van der Waals surface area contributed by atoms with E-state index in [1.807, 2.05) is 0 Å². The number of hydrogen-bond acceptors (Lipinski definition) is 1. The summed E-state index contributed by atoms with van der Waals surface area (Å²) in [7, 11) is 0.500. The van der Waals surface area contributed by atoms with Gasteiger partial charge in [0.2, 0.25) is 5.91 Å². The molecule has 0 saturated carbocycles. The molecule has 0 rings (SSSR count). The number of amides is 1. The standard InChI is InChI=1S/C11H23NO.CH3F/c1-5-6-7-11(9(2)3)8-12-10(4)13;1-2/h9,11H,5-8H2,1-4H3,(H,12,13);1H3. The molecular formula is C12H26FNO. The fraction of sp³-hybridized carbons (Fsp3) is 0.917. The molecule has 0 radical (unpaired) electrons. The van der Waals surface area contributed by atoms with Crippen molar-refractivity contribution < 1.29 is 9.18 Å². The van der Waals surface area contributed by atoms with E-state index in [1.165, 1.54) is 19.3 Å². The van der Waals surface area contributed by atoms with Gasteiger partial charge in [0, 0.05) is 13.5 Å². The van der Waals surface area contributed by atoms with Crippen LogP contribution in [0.3, 0.4) is 0 Å². The maximum absolute atomic E-state index is 10.7. The van der Waals surface area contributed by atoms with Crippen LogP contribution in [0.5, 0.6) is 0 Å². The number of rotatable bonds is 6. The Bertz CT molecular complexity index is 149. The molecular weight excluding hydrogens is 193 g/mol. The molecule has 0 aliphatic heterocycles. The maximum Gasteiger partial charge on any atom is 0.216 e. The van der Waals surface area contributed by atoms with Gasteiger partial charge in [0.25, 0.3) is 0 Å². The van der Waals surface area contributed by atoms with Crippen LogP contribution in [0.1, 0.15) is 47.0 Å². The highest BCUT2D eigenvalue weighted by Gasteiger charge is 2.12. The second-order valence-electron chi connectivity index (χ2n) is 4.08. The van der Waals surface area contributed by atoms with Crippen molar-refractivity contribution in [3.63, 3.8) is 0 Å². The molecule has 0 saturated heterocycles. The molecule has 0 heterocycles. The zero-order chi connectivity index (χ0) is 12.3. The molecule has 1 amide bonds. The largest absolute Gasteiger partial charge is 0.356 e. The van der Waals surface area contributed by atoms with Gasteiger partial charge < -0.3 is 5.32 Å². The predicted octanol–water partition coefficient (Wildman–Crippen LogP) is 3.17. The van der Waals surface area contributed by atoms with E-state index >= 15 is 0 Å². The Morgan fingerprint density at radius 3 is 2.20 bits per heavy atom. The number of hydrogen-bond donors (Lipinski definition) is 1. The maximum atomic E-state index is 10.7. The molecule has 0 fully saturated rings. The first kappa shape index (κ1) is 16.8. The molecule has 15 heavy (non-hydrogen) atoms. The molecule has 0 spiro atoms. The Morgan fingerprint density at radius 2 is 1.87 bits per heavy atom. The molecule has 0 aromatic heterocycles. The molecule has 2 nitrogen and oxygen atoms in total. The second kappa shape index (κ2) is 11.5. The Labute approximate surface area is 93.6 Å². The van der Waals surface area contributed by atoms with E-state index in [-0.39, 0.29) is 5.91 Å². The summed E-state index contributed by atoms with van der Waals surface area (Å²) in [5.41, 5.74) is 0. The number of halogens is 1. The highest BCUT2D eigenvalue weighted by Crippen LogP contribution is 2.16. The minimum absolute atomic E-state index is 0.0853. The van der Waals surface area contributed by atoms with Crippen LogP contribution in [0.4, 0.5) is 4.39 Å². The van der Waals surface area contributed by atoms with Crippen LogP contribution in [0, 0.1) is 11.8 Å². The third-order valence-electron chi connectivity index (χ3n) is 2.48. The van der Waals surface area contributed by atoms with Gasteiger partial charge in [-0.2, -0.15) is 0 Å². The summed E-state index contributed by atoms with van der Waals surface area (Å²) in [5.74, 6) is 1.39. The zero-order valence-electron chi connectivity index (χ0n) is 10.8. The van der Waals surface area contributed by atoms with Crippen molar-refractivity contribution in [1.82, 2.24) is 5.32 Å². The average Bonchev–Trinajstić information content (AvgIpc) is 2.20. The molecule has 3 heteroatoms. The summed E-state index contributed by atoms with van der Waals surface area (Å²) in [6.07, 6.45) is 3.74. The molecule has 1 atom stereocenters. The van der Waals surface area contributed by atoms with Crippen molar-refractivity contribution in [3.05, 3.63) is 0 Å². The monoisotopic (exact) mass is 219 g/mol. The van der Waals surface area contributed by atoms with Gasteiger partial charge in [-0.3, -0.25) is 9.18 Å². The fourth-order valence-corrected chi connectivity index (χ4v) is 1.41. The van der Waals surface area contributed by atoms with Crippen molar-refractivity contribution in [3.8, 4) is 0 Å². The lowest BCUT2D eigenvalue weighted by Crippen LogP contribution is -2.29. The lowest BCUT2D eigenvalue weighted by Gasteiger charge is -2.20. The van der Waals surface area contributed by atoms with Crippen LogP contribution >= 0.6 is 0 Å². The van der Waals surface area contributed by atoms with Crippen molar-refractivity contribution in [2.24, 2.45) is 11.8 Å². The summed E-state index contributed by atoms with van der Waals surface area (Å²) < 4.78 is 9.50. The van der Waals surface area contributed by atoms with Gasteiger partial charge in [0.1, 0.15) is 0 Å². The van der Waals surface area contributed by atoms with Gasteiger partial charge in [-0.1, -0.05) is 33.6 Å². The molecule has 0 aromatic rings. The highest BCUT2D eigenvalue weighted by molar-refractivity contribution is 5.72. The highest BCUT2D eigenvalue weighted by atomic mass is 19.1. The second-order valence-corrected chi connectivity index (χ2v) is 4.08. The van der Waals surface area contributed by atoms with E-state index in [9.17, 15) is 9.18 Å². The molecule has 0 aromatic carbocycles. The number of nitrogens with one attached hydrogen (secondary N) is 1. The van der Waals surface area contributed by atoms with E-state index in [0.29, 0.717) is 19.0 Å². The van der Waals surface area contributed by atoms with Crippen LogP contribution in [0.15, 0.2) is 0 Å². The van der Waals surface area contributed by atoms with E-state index in [4.69, 9.17) is 0 Å². The summed E-state index contributed by atoms with van der Waals surface area (Å²) in [4.78, 5) is 10.7. The fourth-order valence-electron chi connectivity index (χ4n) is 1.41. The lowest BCUT2D eigenvalue weighted by atomic mass is 9.90. The Balaban J connectivity index is 0. The third-order valence-corrected chi connectivity index (χ3v) is 2.48. The van der Waals surface area contributed by atoms with Crippen LogP contribution in [0.2, 0.25) is 0 Å². The van der Waals surface area contributed by atoms with E-state index in [2.05, 4.69) is 26.1 Å². The molecule has 92 valence electrons. The summed E-state index contributed by atoms with van der Waals surface area (Å²) in [5, 5.41) is 2.90. The number of unbranched alkanes of at least 4 members (excludes halogenated alkanes) is 1. The van der Waals surface area contributed by atoms with Crippen molar-refractivity contribution in [2.45, 2.75) is 47.0 Å². The normalized spacial score (nSPS) is 11.7. The van der Waals surface area contributed by atoms with Gasteiger partial charge in [-0.15, -0.1) is 0 Å². The molecule has 0 bridgehead atoms. The van der Waals surface area contributed by atoms with Crippen molar-refractivity contribution in [1.29, 1.82) is 0 Å². The average molecular weight is 219 g/mol. The van der Waals surface area contributed by atoms with Crippen LogP contribution in [-0.4, -0.2) is 19.6 Å². The van der Waals surface area contributed by atoms with Crippen LogP contribution < -0.4 is 5.32 Å². The Hall–Kier alpha value is -0.600. The number of carbonyl (C=O) groups is 1. The zero-order valence-corrected chi connectivity index (χ0v) is 10.8. The topological polar surface area (TPSA) is 29.1 Å². The van der Waals surface area contributed by atoms with Gasteiger partial charge in [0.15, 0.2) is 0 Å². The van der Waals surface area contributed by atoms with E-state index < -0.39 is 0 Å². The Morgan fingerprint density at radius 1 is 1.33 bits per heavy atom. The molecule has 1 N–H and O–H groups in total. The smallest absolute Gasteiger partial charge is 0.216 e. The van der Waals surface area contributed by atoms with Gasteiger partial charge in [0.05, 0.1) is 7.18 Å². The van der Waals surface area contributed by atoms with Crippen LogP contribution in [0.25, 0.3) is 0 Å². The lowest BCUT2D eigenvalue weighted by molar-refractivity contribution is -0.119. The number of carbonyl (C=O) groups excluding carboxylic acids is 1. The van der Waals surface area contributed by atoms with Gasteiger partial charge in [-0.05, 0) is 18.3 Å². The molecule has 0 aliphatic rings. The first-order chi connectivity index (χ1) is 7.07. The SMILES string of the molecule is CCCCC(CNC(C)=O)C(C)C.CF. The Kier molecular flexibility index (Phi) is 12.9. The van der Waals surface area contributed by atoms with Gasteiger partial charge >= 0.3 is 0 Å². The van der Waals surface area contributed by atoms with E-state index in [1.54, 1.807) is 6.92 Å². The summed E-state index contributed by atoms with van der Waals surface area (Å²) >= 11 is 0. The van der Waals surface area contributed by atoms with Crippen molar-refractivity contribution >= 4 is 5.91 Å². The molecule has 0 aliphatic carbocycles. The first-order valence-corrected chi connectivity index (χ1v) is 5.70. The molecule has 1 unspecified atom stereocenters. The third kappa shape index (κ3) is 11.3. The summed E-state index contributed by atoms with van der Waals surface area (Å²) in [6, 6.07) is 0. The minimum atomic E-state index is 0.0853. The summed E-state index contributed by atoms with van der Waals surface area (Å²) in [6.45, 7) is 9.07. The van der Waals surface area contributed by atoms with Gasteiger partial charge in [-0.25, -0.2) is 0 Å². The first-order valence-electron chi connectivity index (χ1n) is 5.70. The van der Waals surface area contributed by atoms with E-state index in [0.717, 1.165) is 6.54 Å².